The quantitative estimate of drug-likeness (QED) is 0.780. The van der Waals surface area contributed by atoms with Gasteiger partial charge in [-0.05, 0) is 30.5 Å². The molecular formula is C20H26N4O2S. The van der Waals surface area contributed by atoms with E-state index in [2.05, 4.69) is 36.3 Å². The maximum atomic E-state index is 12.6. The summed E-state index contributed by atoms with van der Waals surface area (Å²) in [5.74, 6) is -0.215. The van der Waals surface area contributed by atoms with Crippen molar-refractivity contribution >= 4 is 34.0 Å². The summed E-state index contributed by atoms with van der Waals surface area (Å²) < 4.78 is 0. The Bertz CT molecular complexity index is 803. The average Bonchev–Trinajstić information content (AvgIpc) is 3.29. The van der Waals surface area contributed by atoms with E-state index in [1.807, 2.05) is 24.3 Å². The Morgan fingerprint density at radius 1 is 1.30 bits per heavy atom. The highest BCUT2D eigenvalue weighted by Crippen LogP contribution is 2.29. The van der Waals surface area contributed by atoms with Crippen LogP contribution in [0.3, 0.4) is 0 Å². The maximum absolute atomic E-state index is 12.6. The van der Waals surface area contributed by atoms with Crippen molar-refractivity contribution in [2.45, 2.75) is 52.4 Å². The highest BCUT2D eigenvalue weighted by Gasteiger charge is 2.35. The monoisotopic (exact) mass is 386 g/mol. The van der Waals surface area contributed by atoms with Gasteiger partial charge in [0.15, 0.2) is 0 Å². The van der Waals surface area contributed by atoms with Gasteiger partial charge in [-0.25, -0.2) is 0 Å². The Morgan fingerprint density at radius 2 is 2.04 bits per heavy atom. The number of benzene rings is 1. The molecule has 3 rings (SSSR count). The van der Waals surface area contributed by atoms with Gasteiger partial charge < -0.3 is 10.2 Å². The number of carbonyl (C=O) groups is 2. The maximum Gasteiger partial charge on any atom is 0.231 e. The molecule has 1 aliphatic rings. The number of nitrogens with zero attached hydrogens (tertiary/aromatic N) is 3. The number of hydrogen-bond acceptors (Lipinski definition) is 5. The van der Waals surface area contributed by atoms with Crippen LogP contribution in [0.25, 0.3) is 0 Å². The number of hydrogen-bond donors (Lipinski definition) is 1. The number of anilines is 2. The normalized spacial score (nSPS) is 18.0. The van der Waals surface area contributed by atoms with E-state index in [4.69, 9.17) is 0 Å². The Kier molecular flexibility index (Phi) is 6.21. The number of aromatic nitrogens is 2. The van der Waals surface area contributed by atoms with Crippen LogP contribution in [0.5, 0.6) is 0 Å². The second-order valence-corrected chi connectivity index (χ2v) is 8.06. The largest absolute Gasteiger partial charge is 0.312 e. The topological polar surface area (TPSA) is 75.2 Å². The fraction of sp³-hybridized carbons (Fsp3) is 0.500. The zero-order chi connectivity index (χ0) is 19.4. The van der Waals surface area contributed by atoms with Crippen LogP contribution >= 0.6 is 11.3 Å². The highest BCUT2D eigenvalue weighted by atomic mass is 32.1. The second-order valence-electron chi connectivity index (χ2n) is 7.05. The van der Waals surface area contributed by atoms with E-state index in [9.17, 15) is 9.59 Å². The molecule has 0 radical (unpaired) electrons. The van der Waals surface area contributed by atoms with Gasteiger partial charge in [-0.15, -0.1) is 10.2 Å². The molecule has 0 spiro atoms. The zero-order valence-electron chi connectivity index (χ0n) is 16.1. The van der Waals surface area contributed by atoms with Crippen molar-refractivity contribution in [3.05, 3.63) is 34.8 Å². The molecule has 1 N–H and O–H groups in total. The number of amides is 2. The Balaban J connectivity index is 1.62. The summed E-state index contributed by atoms with van der Waals surface area (Å²) >= 11 is 1.42. The van der Waals surface area contributed by atoms with Crippen molar-refractivity contribution < 1.29 is 9.59 Å². The van der Waals surface area contributed by atoms with Crippen molar-refractivity contribution in [1.29, 1.82) is 0 Å². The van der Waals surface area contributed by atoms with Crippen LogP contribution in [-0.2, 0) is 16.0 Å². The SMILES string of the molecule is CCC[C@H](C)c1nnc(NC(=O)[C@H]2CC(=O)N(c3ccc(CC)cc3)C2)s1. The molecule has 1 aromatic heterocycles. The molecule has 2 atom stereocenters. The van der Waals surface area contributed by atoms with Gasteiger partial charge in [0.2, 0.25) is 16.9 Å². The molecule has 2 amide bonds. The fourth-order valence-electron chi connectivity index (χ4n) is 3.29. The summed E-state index contributed by atoms with van der Waals surface area (Å²) in [4.78, 5) is 26.7. The van der Waals surface area contributed by atoms with E-state index in [0.717, 1.165) is 30.0 Å². The van der Waals surface area contributed by atoms with Gasteiger partial charge in [-0.3, -0.25) is 9.59 Å². The van der Waals surface area contributed by atoms with Gasteiger partial charge in [0, 0.05) is 24.6 Å². The van der Waals surface area contributed by atoms with Crippen molar-refractivity contribution in [2.75, 3.05) is 16.8 Å². The van der Waals surface area contributed by atoms with Crippen LogP contribution in [-0.4, -0.2) is 28.6 Å². The molecule has 144 valence electrons. The van der Waals surface area contributed by atoms with Gasteiger partial charge in [-0.2, -0.15) is 0 Å². The molecule has 1 aliphatic heterocycles. The molecule has 0 aliphatic carbocycles. The molecule has 27 heavy (non-hydrogen) atoms. The van der Waals surface area contributed by atoms with Crippen molar-refractivity contribution in [3.8, 4) is 0 Å². The third-order valence-electron chi connectivity index (χ3n) is 4.97. The minimum absolute atomic E-state index is 0.0195. The number of nitrogens with one attached hydrogen (secondary N) is 1. The second kappa shape index (κ2) is 8.61. The van der Waals surface area contributed by atoms with E-state index in [1.54, 1.807) is 4.90 Å². The predicted molar refractivity (Wildman–Crippen MR) is 108 cm³/mol. The van der Waals surface area contributed by atoms with Gasteiger partial charge >= 0.3 is 0 Å². The van der Waals surface area contributed by atoms with Gasteiger partial charge in [0.05, 0.1) is 5.92 Å². The Hall–Kier alpha value is -2.28. The third kappa shape index (κ3) is 4.53. The van der Waals surface area contributed by atoms with Crippen LogP contribution < -0.4 is 10.2 Å². The van der Waals surface area contributed by atoms with E-state index >= 15 is 0 Å². The lowest BCUT2D eigenvalue weighted by Gasteiger charge is -2.17. The molecule has 0 bridgehead atoms. The molecule has 0 unspecified atom stereocenters. The Labute approximate surface area is 164 Å². The van der Waals surface area contributed by atoms with Gasteiger partial charge in [0.1, 0.15) is 5.01 Å². The summed E-state index contributed by atoms with van der Waals surface area (Å²) in [6.45, 7) is 6.75. The molecule has 6 nitrogen and oxygen atoms in total. The first-order valence-corrected chi connectivity index (χ1v) is 10.4. The standard InChI is InChI=1S/C20H26N4O2S/c1-4-6-13(3)19-22-23-20(27-19)21-18(26)15-11-17(25)24(12-15)16-9-7-14(5-2)8-10-16/h7-10,13,15H,4-6,11-12H2,1-3H3,(H,21,23,26)/t13-,15-/m0/s1. The van der Waals surface area contributed by atoms with Crippen LogP contribution in [0.2, 0.25) is 0 Å². The molecule has 2 aromatic rings. The summed E-state index contributed by atoms with van der Waals surface area (Å²) in [7, 11) is 0. The lowest BCUT2D eigenvalue weighted by atomic mass is 10.1. The van der Waals surface area contributed by atoms with E-state index in [1.165, 1.54) is 16.9 Å². The minimum atomic E-state index is -0.372. The smallest absolute Gasteiger partial charge is 0.231 e. The van der Waals surface area contributed by atoms with Crippen molar-refractivity contribution in [1.82, 2.24) is 10.2 Å². The molecule has 1 fully saturated rings. The number of carbonyl (C=O) groups excluding carboxylic acids is 2. The van der Waals surface area contributed by atoms with E-state index < -0.39 is 0 Å². The van der Waals surface area contributed by atoms with Gasteiger partial charge in [-0.1, -0.05) is 50.7 Å². The summed E-state index contributed by atoms with van der Waals surface area (Å²) in [6.07, 6.45) is 3.31. The zero-order valence-corrected chi connectivity index (χ0v) is 16.9. The predicted octanol–water partition coefficient (Wildman–Crippen LogP) is 4.00. The molecule has 0 saturated carbocycles. The summed E-state index contributed by atoms with van der Waals surface area (Å²) in [5, 5.41) is 12.6. The third-order valence-corrected chi connectivity index (χ3v) is 6.04. The molecule has 1 saturated heterocycles. The lowest BCUT2D eigenvalue weighted by Crippen LogP contribution is -2.28. The average molecular weight is 387 g/mol. The minimum Gasteiger partial charge on any atom is -0.312 e. The molecule has 2 heterocycles. The molecule has 7 heteroatoms. The number of aryl methyl sites for hydroxylation is 1. The number of rotatable bonds is 7. The van der Waals surface area contributed by atoms with Gasteiger partial charge in [0.25, 0.3) is 0 Å². The fourth-order valence-corrected chi connectivity index (χ4v) is 4.12. The summed E-state index contributed by atoms with van der Waals surface area (Å²) in [5.41, 5.74) is 2.07. The van der Waals surface area contributed by atoms with Crippen LogP contribution in [0, 0.1) is 5.92 Å². The molecule has 1 aromatic carbocycles. The van der Waals surface area contributed by atoms with E-state index in [0.29, 0.717) is 17.6 Å². The van der Waals surface area contributed by atoms with Crippen LogP contribution in [0.1, 0.15) is 56.5 Å². The van der Waals surface area contributed by atoms with Crippen LogP contribution in [0.4, 0.5) is 10.8 Å². The van der Waals surface area contributed by atoms with Crippen molar-refractivity contribution in [3.63, 3.8) is 0 Å². The molecular weight excluding hydrogens is 360 g/mol. The first-order chi connectivity index (χ1) is 13.0. The first kappa shape index (κ1) is 19.5. The first-order valence-electron chi connectivity index (χ1n) is 9.55. The lowest BCUT2D eigenvalue weighted by molar-refractivity contribution is -0.122. The Morgan fingerprint density at radius 3 is 2.70 bits per heavy atom. The van der Waals surface area contributed by atoms with Crippen molar-refractivity contribution in [2.24, 2.45) is 5.92 Å². The van der Waals surface area contributed by atoms with E-state index in [-0.39, 0.29) is 24.2 Å². The highest BCUT2D eigenvalue weighted by molar-refractivity contribution is 7.15. The van der Waals surface area contributed by atoms with Crippen LogP contribution in [0.15, 0.2) is 24.3 Å². The summed E-state index contributed by atoms with van der Waals surface area (Å²) in [6, 6.07) is 7.94.